The standard InChI is InChI=1S/C20H21ClN2O5/c1-12-7-16(8-13(2)20(12)21)27-11-19(25)23-22-10-15-5-6-17(28-14(3)24)18(9-15)26-4/h5-10H,11H2,1-4H3,(H,23,25)/b22-10+. The Bertz CT molecular complexity index is 888. The van der Waals surface area contributed by atoms with E-state index >= 15 is 0 Å². The van der Waals surface area contributed by atoms with Crippen LogP contribution in [0.4, 0.5) is 0 Å². The molecule has 0 aromatic heterocycles. The Morgan fingerprint density at radius 1 is 1.14 bits per heavy atom. The molecule has 0 aliphatic carbocycles. The molecule has 0 aliphatic rings. The second kappa shape index (κ2) is 9.75. The lowest BCUT2D eigenvalue weighted by molar-refractivity contribution is -0.132. The number of nitrogens with one attached hydrogen (secondary N) is 1. The summed E-state index contributed by atoms with van der Waals surface area (Å²) in [7, 11) is 1.46. The molecule has 148 valence electrons. The molecule has 1 N–H and O–H groups in total. The van der Waals surface area contributed by atoms with Crippen LogP contribution in [0.5, 0.6) is 17.2 Å². The Kier molecular flexibility index (Phi) is 7.40. The van der Waals surface area contributed by atoms with E-state index in [-0.39, 0.29) is 6.61 Å². The van der Waals surface area contributed by atoms with Gasteiger partial charge >= 0.3 is 5.97 Å². The zero-order valence-electron chi connectivity index (χ0n) is 16.0. The van der Waals surface area contributed by atoms with Gasteiger partial charge in [0.15, 0.2) is 18.1 Å². The predicted molar refractivity (Wildman–Crippen MR) is 106 cm³/mol. The van der Waals surface area contributed by atoms with Crippen molar-refractivity contribution in [2.24, 2.45) is 5.10 Å². The molecule has 0 unspecified atom stereocenters. The van der Waals surface area contributed by atoms with Gasteiger partial charge in [-0.3, -0.25) is 9.59 Å². The summed E-state index contributed by atoms with van der Waals surface area (Å²) in [5, 5.41) is 4.56. The van der Waals surface area contributed by atoms with Gasteiger partial charge in [0, 0.05) is 11.9 Å². The van der Waals surface area contributed by atoms with Gasteiger partial charge in [0.2, 0.25) is 0 Å². The SMILES string of the molecule is COc1cc(/C=N/NC(=O)COc2cc(C)c(Cl)c(C)c2)ccc1OC(C)=O. The van der Waals surface area contributed by atoms with Crippen molar-refractivity contribution in [1.82, 2.24) is 5.43 Å². The van der Waals surface area contributed by atoms with Crippen molar-refractivity contribution in [2.75, 3.05) is 13.7 Å². The number of carbonyl (C=O) groups excluding carboxylic acids is 2. The largest absolute Gasteiger partial charge is 0.493 e. The van der Waals surface area contributed by atoms with Crippen LogP contribution in [0, 0.1) is 13.8 Å². The number of benzene rings is 2. The first-order valence-electron chi connectivity index (χ1n) is 8.38. The maximum Gasteiger partial charge on any atom is 0.308 e. The topological polar surface area (TPSA) is 86.2 Å². The molecule has 7 nitrogen and oxygen atoms in total. The second-order valence-electron chi connectivity index (χ2n) is 5.96. The molecule has 0 radical (unpaired) electrons. The summed E-state index contributed by atoms with van der Waals surface area (Å²) in [5.41, 5.74) is 4.78. The Morgan fingerprint density at radius 2 is 1.82 bits per heavy atom. The Morgan fingerprint density at radius 3 is 2.43 bits per heavy atom. The fraction of sp³-hybridized carbons (Fsp3) is 0.250. The normalized spacial score (nSPS) is 10.6. The first kappa shape index (κ1) is 21.2. The van der Waals surface area contributed by atoms with Crippen LogP contribution in [0.15, 0.2) is 35.4 Å². The fourth-order valence-corrected chi connectivity index (χ4v) is 2.46. The van der Waals surface area contributed by atoms with Crippen LogP contribution in [0.3, 0.4) is 0 Å². The molecule has 0 fully saturated rings. The Hall–Kier alpha value is -3.06. The zero-order valence-corrected chi connectivity index (χ0v) is 16.8. The molecule has 2 aromatic carbocycles. The highest BCUT2D eigenvalue weighted by molar-refractivity contribution is 6.32. The van der Waals surface area contributed by atoms with Crippen LogP contribution in [-0.4, -0.2) is 31.8 Å². The van der Waals surface area contributed by atoms with E-state index in [9.17, 15) is 9.59 Å². The molecule has 0 bridgehead atoms. The molecule has 2 aromatic rings. The van der Waals surface area contributed by atoms with Gasteiger partial charge in [0.1, 0.15) is 5.75 Å². The molecule has 0 aliphatic heterocycles. The quantitative estimate of drug-likeness (QED) is 0.331. The first-order valence-corrected chi connectivity index (χ1v) is 8.76. The van der Waals surface area contributed by atoms with E-state index in [1.807, 2.05) is 13.8 Å². The molecular formula is C20H21ClN2O5. The summed E-state index contributed by atoms with van der Waals surface area (Å²) in [6, 6.07) is 8.42. The number of esters is 1. The predicted octanol–water partition coefficient (Wildman–Crippen LogP) is 3.42. The molecule has 0 spiro atoms. The third-order valence-corrected chi connectivity index (χ3v) is 4.22. The van der Waals surface area contributed by atoms with Crippen molar-refractivity contribution < 1.29 is 23.8 Å². The van der Waals surface area contributed by atoms with Crippen LogP contribution < -0.4 is 19.6 Å². The number of hydrazone groups is 1. The molecule has 8 heteroatoms. The molecule has 1 amide bonds. The summed E-state index contributed by atoms with van der Waals surface area (Å²) in [4.78, 5) is 22.9. The van der Waals surface area contributed by atoms with Crippen molar-refractivity contribution in [3.8, 4) is 17.2 Å². The van der Waals surface area contributed by atoms with Crippen LogP contribution in [0.2, 0.25) is 5.02 Å². The van der Waals surface area contributed by atoms with Crippen molar-refractivity contribution in [2.45, 2.75) is 20.8 Å². The van der Waals surface area contributed by atoms with E-state index < -0.39 is 11.9 Å². The van der Waals surface area contributed by atoms with Crippen molar-refractivity contribution in [3.63, 3.8) is 0 Å². The summed E-state index contributed by atoms with van der Waals surface area (Å²) < 4.78 is 15.7. The number of nitrogens with zero attached hydrogens (tertiary/aromatic N) is 1. The Labute approximate surface area is 168 Å². The highest BCUT2D eigenvalue weighted by atomic mass is 35.5. The number of carbonyl (C=O) groups is 2. The highest BCUT2D eigenvalue weighted by Gasteiger charge is 2.08. The van der Waals surface area contributed by atoms with E-state index in [0.29, 0.717) is 27.8 Å². The van der Waals surface area contributed by atoms with Crippen LogP contribution in [0.1, 0.15) is 23.6 Å². The van der Waals surface area contributed by atoms with E-state index in [2.05, 4.69) is 10.5 Å². The first-order chi connectivity index (χ1) is 13.3. The van der Waals surface area contributed by atoms with Gasteiger partial charge in [-0.05, 0) is 60.9 Å². The Balaban J connectivity index is 1.91. The number of halogens is 1. The van der Waals surface area contributed by atoms with Gasteiger partial charge in [0.25, 0.3) is 5.91 Å². The third kappa shape index (κ3) is 5.99. The van der Waals surface area contributed by atoms with Gasteiger partial charge in [-0.2, -0.15) is 5.10 Å². The minimum absolute atomic E-state index is 0.188. The van der Waals surface area contributed by atoms with E-state index in [1.54, 1.807) is 30.3 Å². The van der Waals surface area contributed by atoms with E-state index in [0.717, 1.165) is 11.1 Å². The number of amides is 1. The zero-order chi connectivity index (χ0) is 20.7. The number of methoxy groups -OCH3 is 1. The van der Waals surface area contributed by atoms with Crippen LogP contribution in [-0.2, 0) is 9.59 Å². The molecule has 28 heavy (non-hydrogen) atoms. The minimum Gasteiger partial charge on any atom is -0.493 e. The van der Waals surface area contributed by atoms with Gasteiger partial charge in [-0.25, -0.2) is 5.43 Å². The van der Waals surface area contributed by atoms with Crippen molar-refractivity contribution in [1.29, 1.82) is 0 Å². The summed E-state index contributed by atoms with van der Waals surface area (Å²) in [6.45, 7) is 4.85. The van der Waals surface area contributed by atoms with Crippen LogP contribution >= 0.6 is 11.6 Å². The van der Waals surface area contributed by atoms with Crippen LogP contribution in [0.25, 0.3) is 0 Å². The fourth-order valence-electron chi connectivity index (χ4n) is 2.35. The summed E-state index contributed by atoms with van der Waals surface area (Å²) in [5.74, 6) is 0.382. The average molecular weight is 405 g/mol. The number of hydrogen-bond acceptors (Lipinski definition) is 6. The molecule has 2 rings (SSSR count). The van der Waals surface area contributed by atoms with Gasteiger partial charge in [-0.1, -0.05) is 11.6 Å². The minimum atomic E-state index is -0.446. The highest BCUT2D eigenvalue weighted by Crippen LogP contribution is 2.28. The second-order valence-corrected chi connectivity index (χ2v) is 6.33. The maximum absolute atomic E-state index is 11.9. The molecular weight excluding hydrogens is 384 g/mol. The molecule has 0 atom stereocenters. The molecule has 0 heterocycles. The third-order valence-electron chi connectivity index (χ3n) is 3.62. The maximum atomic E-state index is 11.9. The lowest BCUT2D eigenvalue weighted by atomic mass is 10.1. The number of aryl methyl sites for hydroxylation is 2. The average Bonchev–Trinajstić information content (AvgIpc) is 2.65. The summed E-state index contributed by atoms with van der Waals surface area (Å²) >= 11 is 6.11. The lowest BCUT2D eigenvalue weighted by Crippen LogP contribution is -2.24. The number of rotatable bonds is 7. The van der Waals surface area contributed by atoms with Crippen molar-refractivity contribution in [3.05, 3.63) is 52.0 Å². The lowest BCUT2D eigenvalue weighted by Gasteiger charge is -2.09. The number of ether oxygens (including phenoxy) is 3. The molecule has 0 saturated heterocycles. The van der Waals surface area contributed by atoms with Crippen molar-refractivity contribution >= 4 is 29.7 Å². The van der Waals surface area contributed by atoms with E-state index in [4.69, 9.17) is 25.8 Å². The smallest absolute Gasteiger partial charge is 0.308 e. The monoisotopic (exact) mass is 404 g/mol. The summed E-state index contributed by atoms with van der Waals surface area (Å²) in [6.07, 6.45) is 1.44. The van der Waals surface area contributed by atoms with E-state index in [1.165, 1.54) is 20.2 Å². The van der Waals surface area contributed by atoms with Gasteiger partial charge < -0.3 is 14.2 Å². The van der Waals surface area contributed by atoms with Gasteiger partial charge in [-0.15, -0.1) is 0 Å². The molecule has 0 saturated carbocycles. The number of hydrogen-bond donors (Lipinski definition) is 1. The van der Waals surface area contributed by atoms with Gasteiger partial charge in [0.05, 0.1) is 13.3 Å².